The first kappa shape index (κ1) is 17.2. The third kappa shape index (κ3) is 3.40. The lowest BCUT2D eigenvalue weighted by atomic mass is 10.1. The number of fused-ring (bicyclic) bond motifs is 1. The fourth-order valence-corrected chi connectivity index (χ4v) is 3.63. The molecule has 5 heteroatoms. The maximum Gasteiger partial charge on any atom is 0.229 e. The summed E-state index contributed by atoms with van der Waals surface area (Å²) in [6.45, 7) is 2.43. The highest BCUT2D eigenvalue weighted by Gasteiger charge is 2.37. The molecule has 0 radical (unpaired) electrons. The molecule has 2 heterocycles. The molecule has 1 saturated heterocycles. The van der Waals surface area contributed by atoms with Gasteiger partial charge in [-0.15, -0.1) is 0 Å². The van der Waals surface area contributed by atoms with Gasteiger partial charge in [0.1, 0.15) is 0 Å². The number of nitrogens with one attached hydrogen (secondary N) is 1. The van der Waals surface area contributed by atoms with Crippen LogP contribution in [0.2, 0.25) is 0 Å². The van der Waals surface area contributed by atoms with Gasteiger partial charge >= 0.3 is 0 Å². The van der Waals surface area contributed by atoms with Crippen LogP contribution in [0.1, 0.15) is 24.9 Å². The molecular formula is C22H21N3O2. The first-order chi connectivity index (χ1) is 13.1. The molecule has 4 rings (SSSR count). The first-order valence-electron chi connectivity index (χ1n) is 9.12. The zero-order valence-electron chi connectivity index (χ0n) is 15.1. The predicted octanol–water partition coefficient (Wildman–Crippen LogP) is 3.78. The summed E-state index contributed by atoms with van der Waals surface area (Å²) in [5.41, 5.74) is 2.51. The molecule has 1 aliphatic heterocycles. The molecule has 0 spiro atoms. The largest absolute Gasteiger partial charge is 0.335 e. The number of anilines is 1. The lowest BCUT2D eigenvalue weighted by Gasteiger charge is -2.25. The smallest absolute Gasteiger partial charge is 0.229 e. The highest BCUT2D eigenvalue weighted by Crippen LogP contribution is 2.29. The van der Waals surface area contributed by atoms with Gasteiger partial charge < -0.3 is 10.2 Å². The molecule has 2 amide bonds. The summed E-state index contributed by atoms with van der Waals surface area (Å²) in [6, 6.07) is 19.4. The number of carbonyl (C=O) groups excluding carboxylic acids is 2. The molecule has 27 heavy (non-hydrogen) atoms. The van der Waals surface area contributed by atoms with E-state index in [0.717, 1.165) is 16.5 Å². The summed E-state index contributed by atoms with van der Waals surface area (Å²) >= 11 is 0. The van der Waals surface area contributed by atoms with Gasteiger partial charge in [-0.1, -0.05) is 48.5 Å². The van der Waals surface area contributed by atoms with Crippen LogP contribution in [0.15, 0.2) is 66.9 Å². The standard InChI is InChI=1S/C22H21N3O2/c1-15(16-7-3-2-4-8-16)25-14-18(13-20(25)26)22(27)24-19-11-5-9-17-10-6-12-23-21(17)19/h2-12,15,18H,13-14H2,1H3,(H,24,27)/t15-,18+/m1/s1. The average Bonchev–Trinajstić information content (AvgIpc) is 3.10. The van der Waals surface area contributed by atoms with Gasteiger partial charge in [0, 0.05) is 24.5 Å². The second-order valence-corrected chi connectivity index (χ2v) is 6.90. The second kappa shape index (κ2) is 7.19. The number of pyridine rings is 1. The summed E-state index contributed by atoms with van der Waals surface area (Å²) in [7, 11) is 0. The topological polar surface area (TPSA) is 62.3 Å². The van der Waals surface area contributed by atoms with Gasteiger partial charge in [0.25, 0.3) is 0 Å². The molecule has 0 saturated carbocycles. The molecule has 2 atom stereocenters. The Morgan fingerprint density at radius 3 is 2.70 bits per heavy atom. The van der Waals surface area contributed by atoms with Gasteiger partial charge in [0.2, 0.25) is 11.8 Å². The van der Waals surface area contributed by atoms with Crippen molar-refractivity contribution in [2.45, 2.75) is 19.4 Å². The molecular weight excluding hydrogens is 338 g/mol. The third-order valence-corrected chi connectivity index (χ3v) is 5.17. The minimum atomic E-state index is -0.359. The van der Waals surface area contributed by atoms with Crippen LogP contribution in [-0.2, 0) is 9.59 Å². The van der Waals surface area contributed by atoms with E-state index in [-0.39, 0.29) is 30.2 Å². The molecule has 136 valence electrons. The van der Waals surface area contributed by atoms with E-state index in [0.29, 0.717) is 12.2 Å². The highest BCUT2D eigenvalue weighted by atomic mass is 16.2. The van der Waals surface area contributed by atoms with Crippen LogP contribution in [0.3, 0.4) is 0 Å². The number of nitrogens with zero attached hydrogens (tertiary/aromatic N) is 2. The van der Waals surface area contributed by atoms with Crippen molar-refractivity contribution in [1.82, 2.24) is 9.88 Å². The van der Waals surface area contributed by atoms with Crippen molar-refractivity contribution >= 4 is 28.4 Å². The van der Waals surface area contributed by atoms with Gasteiger partial charge in [-0.2, -0.15) is 0 Å². The monoisotopic (exact) mass is 359 g/mol. The molecule has 1 aromatic heterocycles. The van der Waals surface area contributed by atoms with Crippen molar-refractivity contribution in [2.24, 2.45) is 5.92 Å². The van der Waals surface area contributed by atoms with E-state index in [4.69, 9.17) is 0 Å². The number of hydrogen-bond acceptors (Lipinski definition) is 3. The summed E-state index contributed by atoms with van der Waals surface area (Å²) in [5, 5.41) is 3.94. The molecule has 0 aliphatic carbocycles. The molecule has 0 bridgehead atoms. The average molecular weight is 359 g/mol. The predicted molar refractivity (Wildman–Crippen MR) is 105 cm³/mol. The van der Waals surface area contributed by atoms with Gasteiger partial charge in [-0.25, -0.2) is 0 Å². The maximum atomic E-state index is 12.8. The van der Waals surface area contributed by atoms with Crippen molar-refractivity contribution in [2.75, 3.05) is 11.9 Å². The van der Waals surface area contributed by atoms with Crippen LogP contribution < -0.4 is 5.32 Å². The number of rotatable bonds is 4. The Morgan fingerprint density at radius 1 is 1.11 bits per heavy atom. The lowest BCUT2D eigenvalue weighted by Crippen LogP contribution is -2.30. The summed E-state index contributed by atoms with van der Waals surface area (Å²) in [5.74, 6) is -0.477. The van der Waals surface area contributed by atoms with Crippen molar-refractivity contribution in [3.05, 3.63) is 72.4 Å². The fourth-order valence-electron chi connectivity index (χ4n) is 3.63. The quantitative estimate of drug-likeness (QED) is 0.771. The summed E-state index contributed by atoms with van der Waals surface area (Å²) < 4.78 is 0. The summed E-state index contributed by atoms with van der Waals surface area (Å²) in [6.07, 6.45) is 1.95. The first-order valence-corrected chi connectivity index (χ1v) is 9.12. The SMILES string of the molecule is C[C@H](c1ccccc1)N1C[C@@H](C(=O)Nc2cccc3cccnc23)CC1=O. The van der Waals surface area contributed by atoms with E-state index in [1.807, 2.05) is 67.6 Å². The minimum absolute atomic E-state index is 0.0162. The Balaban J connectivity index is 1.49. The molecule has 1 N–H and O–H groups in total. The molecule has 2 aromatic carbocycles. The van der Waals surface area contributed by atoms with Gasteiger partial charge in [0.15, 0.2) is 0 Å². The Morgan fingerprint density at radius 2 is 1.89 bits per heavy atom. The Kier molecular flexibility index (Phi) is 4.59. The minimum Gasteiger partial charge on any atom is -0.335 e. The van der Waals surface area contributed by atoms with Gasteiger partial charge in [0.05, 0.1) is 23.2 Å². The highest BCUT2D eigenvalue weighted by molar-refractivity contribution is 6.03. The van der Waals surface area contributed by atoms with E-state index in [1.165, 1.54) is 0 Å². The van der Waals surface area contributed by atoms with Crippen molar-refractivity contribution in [3.8, 4) is 0 Å². The Bertz CT molecular complexity index is 982. The molecule has 0 unspecified atom stereocenters. The fraction of sp³-hybridized carbons (Fsp3) is 0.227. The maximum absolute atomic E-state index is 12.8. The third-order valence-electron chi connectivity index (χ3n) is 5.17. The van der Waals surface area contributed by atoms with Crippen LogP contribution in [0.4, 0.5) is 5.69 Å². The van der Waals surface area contributed by atoms with Crippen molar-refractivity contribution in [3.63, 3.8) is 0 Å². The molecule has 5 nitrogen and oxygen atoms in total. The number of hydrogen-bond donors (Lipinski definition) is 1. The van der Waals surface area contributed by atoms with E-state index < -0.39 is 0 Å². The van der Waals surface area contributed by atoms with E-state index in [9.17, 15) is 9.59 Å². The lowest BCUT2D eigenvalue weighted by molar-refractivity contribution is -0.129. The van der Waals surface area contributed by atoms with Gasteiger partial charge in [-0.05, 0) is 24.6 Å². The zero-order chi connectivity index (χ0) is 18.8. The van der Waals surface area contributed by atoms with Crippen LogP contribution in [0.5, 0.6) is 0 Å². The van der Waals surface area contributed by atoms with Crippen LogP contribution in [-0.4, -0.2) is 28.2 Å². The second-order valence-electron chi connectivity index (χ2n) is 6.90. The molecule has 1 aliphatic rings. The van der Waals surface area contributed by atoms with E-state index in [2.05, 4.69) is 10.3 Å². The van der Waals surface area contributed by atoms with Crippen molar-refractivity contribution in [1.29, 1.82) is 0 Å². The van der Waals surface area contributed by atoms with Crippen molar-refractivity contribution < 1.29 is 9.59 Å². The van der Waals surface area contributed by atoms with E-state index >= 15 is 0 Å². The Hall–Kier alpha value is -3.21. The van der Waals surface area contributed by atoms with Crippen LogP contribution in [0, 0.1) is 5.92 Å². The summed E-state index contributed by atoms with van der Waals surface area (Å²) in [4.78, 5) is 31.5. The number of aromatic nitrogens is 1. The number of likely N-dealkylation sites (tertiary alicyclic amines) is 1. The molecule has 1 fully saturated rings. The molecule has 3 aromatic rings. The number of amides is 2. The zero-order valence-corrected chi connectivity index (χ0v) is 15.1. The number of benzene rings is 2. The normalized spacial score (nSPS) is 17.9. The van der Waals surface area contributed by atoms with Crippen LogP contribution in [0.25, 0.3) is 10.9 Å². The Labute approximate surface area is 158 Å². The van der Waals surface area contributed by atoms with Gasteiger partial charge in [-0.3, -0.25) is 14.6 Å². The van der Waals surface area contributed by atoms with Crippen LogP contribution >= 0.6 is 0 Å². The van der Waals surface area contributed by atoms with E-state index in [1.54, 1.807) is 11.1 Å². The number of para-hydroxylation sites is 1. The number of carbonyl (C=O) groups is 2.